The molecule has 2 aromatic carbocycles. The highest BCUT2D eigenvalue weighted by atomic mass is 32.2. The van der Waals surface area contributed by atoms with Crippen molar-refractivity contribution in [3.63, 3.8) is 0 Å². The van der Waals surface area contributed by atoms with E-state index < -0.39 is 9.84 Å². The van der Waals surface area contributed by atoms with Gasteiger partial charge in [-0.1, -0.05) is 24.3 Å². The highest BCUT2D eigenvalue weighted by Crippen LogP contribution is 2.30. The predicted octanol–water partition coefficient (Wildman–Crippen LogP) is 1.49. The second-order valence-corrected chi connectivity index (χ2v) is 9.64. The number of carbonyl (C=O) groups excluding carboxylic acids is 1. The first-order chi connectivity index (χ1) is 14.0. The molecule has 29 heavy (non-hydrogen) atoms. The zero-order chi connectivity index (χ0) is 20.3. The number of hydrogen-bond acceptors (Lipinski definition) is 6. The Morgan fingerprint density at radius 2 is 1.83 bits per heavy atom. The molecule has 2 aliphatic rings. The van der Waals surface area contributed by atoms with Crippen LogP contribution in [0, 0.1) is 0 Å². The number of rotatable bonds is 5. The Morgan fingerprint density at radius 1 is 1.07 bits per heavy atom. The van der Waals surface area contributed by atoms with Gasteiger partial charge in [0.25, 0.3) is 5.91 Å². The van der Waals surface area contributed by atoms with Crippen LogP contribution in [0.4, 0.5) is 0 Å². The summed E-state index contributed by atoms with van der Waals surface area (Å²) in [5.41, 5.74) is 1.56. The van der Waals surface area contributed by atoms with Crippen molar-refractivity contribution < 1.29 is 22.7 Å². The van der Waals surface area contributed by atoms with Gasteiger partial charge in [0.05, 0.1) is 18.1 Å². The van der Waals surface area contributed by atoms with E-state index in [0.29, 0.717) is 49.8 Å². The maximum absolute atomic E-state index is 12.6. The molecule has 8 heteroatoms. The molecule has 1 amide bonds. The molecule has 0 saturated carbocycles. The van der Waals surface area contributed by atoms with Gasteiger partial charge < -0.3 is 14.8 Å². The molecule has 7 nitrogen and oxygen atoms in total. The third-order valence-electron chi connectivity index (χ3n) is 5.09. The van der Waals surface area contributed by atoms with Crippen LogP contribution in [-0.2, 0) is 16.4 Å². The topological polar surface area (TPSA) is 84.9 Å². The molecule has 1 fully saturated rings. The quantitative estimate of drug-likeness (QED) is 0.795. The molecule has 2 aromatic rings. The molecule has 0 unspecified atom stereocenters. The standard InChI is InChI=1S/C21H24N2O5S/c24-21(22-13-18-15-27-19-6-1-2-7-20(19)28-18)17-5-3-4-16(12-17)14-23-8-10-29(25,26)11-9-23/h1-7,12,18H,8-11,13-15H2,(H,22,24)/t18-/m0/s1. The fourth-order valence-corrected chi connectivity index (χ4v) is 4.73. The Kier molecular flexibility index (Phi) is 5.73. The number of fused-ring (bicyclic) bond motifs is 1. The van der Waals surface area contributed by atoms with Gasteiger partial charge in [-0.15, -0.1) is 0 Å². The van der Waals surface area contributed by atoms with E-state index in [9.17, 15) is 13.2 Å². The molecule has 0 aliphatic carbocycles. The zero-order valence-electron chi connectivity index (χ0n) is 16.0. The van der Waals surface area contributed by atoms with Crippen molar-refractivity contribution >= 4 is 15.7 Å². The summed E-state index contributed by atoms with van der Waals surface area (Å²) >= 11 is 0. The van der Waals surface area contributed by atoms with E-state index in [4.69, 9.17) is 9.47 Å². The molecule has 0 radical (unpaired) electrons. The van der Waals surface area contributed by atoms with Crippen molar-refractivity contribution in [1.29, 1.82) is 0 Å². The lowest BCUT2D eigenvalue weighted by Crippen LogP contribution is -2.41. The lowest BCUT2D eigenvalue weighted by molar-refractivity contribution is 0.0789. The summed E-state index contributed by atoms with van der Waals surface area (Å²) in [5, 5.41) is 2.90. The Hall–Kier alpha value is -2.58. The molecule has 2 heterocycles. The van der Waals surface area contributed by atoms with Crippen molar-refractivity contribution in [3.8, 4) is 11.5 Å². The lowest BCUT2D eigenvalue weighted by Gasteiger charge is -2.27. The average Bonchev–Trinajstić information content (AvgIpc) is 2.73. The van der Waals surface area contributed by atoms with E-state index in [1.54, 1.807) is 6.07 Å². The van der Waals surface area contributed by atoms with Gasteiger partial charge in [0, 0.05) is 25.2 Å². The van der Waals surface area contributed by atoms with E-state index >= 15 is 0 Å². The van der Waals surface area contributed by atoms with Gasteiger partial charge >= 0.3 is 0 Å². The molecule has 4 rings (SSSR count). The van der Waals surface area contributed by atoms with E-state index in [0.717, 1.165) is 5.56 Å². The van der Waals surface area contributed by atoms with Gasteiger partial charge in [-0.25, -0.2) is 8.42 Å². The summed E-state index contributed by atoms with van der Waals surface area (Å²) in [7, 11) is -2.89. The van der Waals surface area contributed by atoms with Gasteiger partial charge in [0.1, 0.15) is 12.7 Å². The summed E-state index contributed by atoms with van der Waals surface area (Å²) < 4.78 is 34.7. The molecular weight excluding hydrogens is 392 g/mol. The summed E-state index contributed by atoms with van der Waals surface area (Å²) in [6.07, 6.45) is -0.243. The van der Waals surface area contributed by atoms with E-state index in [1.807, 2.05) is 42.5 Å². The first kappa shape index (κ1) is 19.7. The van der Waals surface area contributed by atoms with Crippen molar-refractivity contribution in [2.45, 2.75) is 12.6 Å². The third kappa shape index (κ3) is 5.07. The lowest BCUT2D eigenvalue weighted by atomic mass is 10.1. The first-order valence-electron chi connectivity index (χ1n) is 9.67. The SMILES string of the molecule is O=C(NC[C@H]1COc2ccccc2O1)c1cccc(CN2CCS(=O)(=O)CC2)c1. The smallest absolute Gasteiger partial charge is 0.251 e. The minimum atomic E-state index is -2.89. The number of nitrogens with zero attached hydrogens (tertiary/aromatic N) is 1. The summed E-state index contributed by atoms with van der Waals surface area (Å²) in [6, 6.07) is 14.9. The Bertz CT molecular complexity index is 978. The minimum Gasteiger partial charge on any atom is -0.486 e. The van der Waals surface area contributed by atoms with Crippen LogP contribution in [0.1, 0.15) is 15.9 Å². The second kappa shape index (κ2) is 8.42. The van der Waals surface area contributed by atoms with E-state index in [2.05, 4.69) is 10.2 Å². The molecule has 154 valence electrons. The Labute approximate surface area is 170 Å². The first-order valence-corrected chi connectivity index (χ1v) is 11.5. The van der Waals surface area contributed by atoms with Crippen LogP contribution in [0.2, 0.25) is 0 Å². The van der Waals surface area contributed by atoms with Crippen LogP contribution in [0.5, 0.6) is 11.5 Å². The number of amides is 1. The third-order valence-corrected chi connectivity index (χ3v) is 6.70. The largest absolute Gasteiger partial charge is 0.486 e. The second-order valence-electron chi connectivity index (χ2n) is 7.34. The van der Waals surface area contributed by atoms with Crippen LogP contribution in [0.3, 0.4) is 0 Å². The number of para-hydroxylation sites is 2. The number of benzene rings is 2. The molecule has 1 saturated heterocycles. The predicted molar refractivity (Wildman–Crippen MR) is 109 cm³/mol. The van der Waals surface area contributed by atoms with Crippen molar-refractivity contribution in [2.24, 2.45) is 0 Å². The number of ether oxygens (including phenoxy) is 2. The van der Waals surface area contributed by atoms with Gasteiger partial charge in [-0.2, -0.15) is 0 Å². The molecular formula is C21H24N2O5S. The molecule has 1 N–H and O–H groups in total. The zero-order valence-corrected chi connectivity index (χ0v) is 16.9. The normalized spacial score (nSPS) is 20.8. The van der Waals surface area contributed by atoms with Gasteiger partial charge in [0.15, 0.2) is 21.3 Å². The van der Waals surface area contributed by atoms with Crippen molar-refractivity contribution in [2.75, 3.05) is 37.7 Å². The Morgan fingerprint density at radius 3 is 2.62 bits per heavy atom. The van der Waals surface area contributed by atoms with Crippen molar-refractivity contribution in [3.05, 3.63) is 59.7 Å². The molecule has 0 spiro atoms. The number of hydrogen-bond donors (Lipinski definition) is 1. The fraction of sp³-hybridized carbons (Fsp3) is 0.381. The van der Waals surface area contributed by atoms with Crippen molar-refractivity contribution in [1.82, 2.24) is 10.2 Å². The van der Waals surface area contributed by atoms with Crippen LogP contribution in [0.25, 0.3) is 0 Å². The maximum Gasteiger partial charge on any atom is 0.251 e. The summed E-state index contributed by atoms with van der Waals surface area (Å²) in [4.78, 5) is 14.7. The number of carbonyl (C=O) groups is 1. The van der Waals surface area contributed by atoms with Crippen LogP contribution >= 0.6 is 0 Å². The molecule has 0 aromatic heterocycles. The highest BCUT2D eigenvalue weighted by Gasteiger charge is 2.23. The summed E-state index contributed by atoms with van der Waals surface area (Å²) in [6.45, 7) is 2.42. The monoisotopic (exact) mass is 416 g/mol. The fourth-order valence-electron chi connectivity index (χ4n) is 3.45. The van der Waals surface area contributed by atoms with Crippen LogP contribution in [-0.4, -0.2) is 63.1 Å². The maximum atomic E-state index is 12.6. The summed E-state index contributed by atoms with van der Waals surface area (Å²) in [5.74, 6) is 1.62. The number of nitrogens with one attached hydrogen (secondary N) is 1. The molecule has 0 bridgehead atoms. The Balaban J connectivity index is 1.31. The van der Waals surface area contributed by atoms with E-state index in [-0.39, 0.29) is 23.5 Å². The minimum absolute atomic E-state index is 0.171. The van der Waals surface area contributed by atoms with Crippen LogP contribution in [0.15, 0.2) is 48.5 Å². The highest BCUT2D eigenvalue weighted by molar-refractivity contribution is 7.91. The van der Waals surface area contributed by atoms with Crippen LogP contribution < -0.4 is 14.8 Å². The molecule has 2 aliphatic heterocycles. The van der Waals surface area contributed by atoms with Gasteiger partial charge in [-0.3, -0.25) is 9.69 Å². The van der Waals surface area contributed by atoms with Gasteiger partial charge in [0.2, 0.25) is 0 Å². The molecule has 1 atom stereocenters. The van der Waals surface area contributed by atoms with E-state index in [1.165, 1.54) is 0 Å². The van der Waals surface area contributed by atoms with Gasteiger partial charge in [-0.05, 0) is 29.8 Å². The average molecular weight is 416 g/mol. The number of sulfone groups is 1.